The highest BCUT2D eigenvalue weighted by Gasteiger charge is 2.25. The van der Waals surface area contributed by atoms with E-state index in [0.29, 0.717) is 18.1 Å². The molecule has 1 fully saturated rings. The van der Waals surface area contributed by atoms with Crippen LogP contribution < -0.4 is 10.1 Å². The lowest BCUT2D eigenvalue weighted by Crippen LogP contribution is -2.42. The summed E-state index contributed by atoms with van der Waals surface area (Å²) in [6, 6.07) is -0.00602. The predicted molar refractivity (Wildman–Crippen MR) is 78.1 cm³/mol. The summed E-state index contributed by atoms with van der Waals surface area (Å²) in [4.78, 5) is 20.2. The first-order valence-corrected chi connectivity index (χ1v) is 7.52. The predicted octanol–water partition coefficient (Wildman–Crippen LogP) is 1.55. The Morgan fingerprint density at radius 1 is 1.38 bits per heavy atom. The van der Waals surface area contributed by atoms with Crippen molar-refractivity contribution < 1.29 is 14.6 Å². The molecule has 1 aliphatic carbocycles. The Morgan fingerprint density at radius 2 is 2.05 bits per heavy atom. The van der Waals surface area contributed by atoms with Gasteiger partial charge in [-0.1, -0.05) is 19.3 Å². The Morgan fingerprint density at radius 3 is 2.62 bits per heavy atom. The number of aliphatic hydroxyl groups excluding tert-OH is 1. The number of aromatic nitrogens is 2. The molecule has 2 rings (SSSR count). The quantitative estimate of drug-likeness (QED) is 0.831. The van der Waals surface area contributed by atoms with Gasteiger partial charge >= 0.3 is 0 Å². The Labute approximate surface area is 124 Å². The van der Waals surface area contributed by atoms with Gasteiger partial charge in [0.1, 0.15) is 0 Å². The lowest BCUT2D eigenvalue weighted by Gasteiger charge is -2.30. The zero-order chi connectivity index (χ0) is 15.1. The van der Waals surface area contributed by atoms with Gasteiger partial charge in [0.05, 0.1) is 19.5 Å². The molecular weight excluding hydrogens is 270 g/mol. The Bertz CT molecular complexity index is 444. The van der Waals surface area contributed by atoms with E-state index in [1.165, 1.54) is 38.8 Å². The first kappa shape index (κ1) is 15.7. The fraction of sp³-hybridized carbons (Fsp3) is 0.667. The molecule has 0 spiro atoms. The molecule has 1 aromatic heterocycles. The van der Waals surface area contributed by atoms with Gasteiger partial charge in [0.25, 0.3) is 5.91 Å². The maximum atomic E-state index is 12.2. The summed E-state index contributed by atoms with van der Waals surface area (Å²) in [6.07, 6.45) is 9.39. The minimum absolute atomic E-state index is 0.00602. The van der Waals surface area contributed by atoms with E-state index in [9.17, 15) is 9.90 Å². The van der Waals surface area contributed by atoms with Crippen molar-refractivity contribution in [1.29, 1.82) is 0 Å². The molecule has 0 aromatic carbocycles. The molecule has 0 saturated heterocycles. The van der Waals surface area contributed by atoms with E-state index in [1.54, 1.807) is 0 Å². The zero-order valence-corrected chi connectivity index (χ0v) is 12.4. The molecule has 1 amide bonds. The van der Waals surface area contributed by atoms with E-state index >= 15 is 0 Å². The van der Waals surface area contributed by atoms with Crippen LogP contribution in [0.15, 0.2) is 12.4 Å². The number of carbonyl (C=O) groups is 1. The minimum atomic E-state index is -0.290. The highest BCUT2D eigenvalue weighted by molar-refractivity contribution is 5.90. The van der Waals surface area contributed by atoms with Gasteiger partial charge in [0.15, 0.2) is 5.75 Å². The van der Waals surface area contributed by atoms with Crippen LogP contribution in [0.2, 0.25) is 0 Å². The van der Waals surface area contributed by atoms with Crippen molar-refractivity contribution in [3.05, 3.63) is 18.2 Å². The number of nitrogens with one attached hydrogen (secondary N) is 1. The van der Waals surface area contributed by atoms with E-state index < -0.39 is 0 Å². The van der Waals surface area contributed by atoms with E-state index in [-0.39, 0.29) is 24.4 Å². The number of rotatable bonds is 6. The monoisotopic (exact) mass is 293 g/mol. The van der Waals surface area contributed by atoms with Gasteiger partial charge in [-0.25, -0.2) is 9.97 Å². The average Bonchev–Trinajstić information content (AvgIpc) is 2.55. The highest BCUT2D eigenvalue weighted by Crippen LogP contribution is 2.27. The van der Waals surface area contributed by atoms with Gasteiger partial charge in [-0.15, -0.1) is 0 Å². The van der Waals surface area contributed by atoms with Crippen LogP contribution in [0.3, 0.4) is 0 Å². The molecule has 2 N–H and O–H groups in total. The van der Waals surface area contributed by atoms with Crippen molar-refractivity contribution in [3.63, 3.8) is 0 Å². The molecule has 0 bridgehead atoms. The van der Waals surface area contributed by atoms with Crippen LogP contribution in [0, 0.1) is 5.92 Å². The fourth-order valence-electron chi connectivity index (χ4n) is 2.87. The highest BCUT2D eigenvalue weighted by atomic mass is 16.5. The summed E-state index contributed by atoms with van der Waals surface area (Å²) in [5.41, 5.74) is 0. The summed E-state index contributed by atoms with van der Waals surface area (Å²) in [5, 5.41) is 12.2. The van der Waals surface area contributed by atoms with E-state index in [2.05, 4.69) is 15.3 Å². The van der Waals surface area contributed by atoms with Crippen LogP contribution in [0.4, 0.5) is 0 Å². The van der Waals surface area contributed by atoms with Gasteiger partial charge in [-0.05, 0) is 25.2 Å². The summed E-state index contributed by atoms with van der Waals surface area (Å²) >= 11 is 0. The molecule has 1 aromatic rings. The van der Waals surface area contributed by atoms with Crippen molar-refractivity contribution in [3.8, 4) is 5.75 Å². The Hall–Kier alpha value is -1.69. The van der Waals surface area contributed by atoms with E-state index in [1.807, 2.05) is 0 Å². The van der Waals surface area contributed by atoms with Crippen molar-refractivity contribution in [1.82, 2.24) is 15.3 Å². The number of carbonyl (C=O) groups excluding carboxylic acids is 1. The first-order valence-electron chi connectivity index (χ1n) is 7.52. The van der Waals surface area contributed by atoms with Gasteiger partial charge in [-0.2, -0.15) is 0 Å². The third-order valence-corrected chi connectivity index (χ3v) is 4.04. The molecule has 0 aliphatic heterocycles. The molecule has 21 heavy (non-hydrogen) atoms. The number of hydrogen-bond acceptors (Lipinski definition) is 5. The molecular formula is C15H23N3O3. The molecule has 0 radical (unpaired) electrons. The normalized spacial score (nSPS) is 17.2. The molecule has 116 valence electrons. The third-order valence-electron chi connectivity index (χ3n) is 4.04. The minimum Gasteiger partial charge on any atom is -0.494 e. The van der Waals surface area contributed by atoms with Gasteiger partial charge < -0.3 is 15.2 Å². The molecule has 6 heteroatoms. The number of methoxy groups -OCH3 is 1. The molecule has 1 saturated carbocycles. The smallest absolute Gasteiger partial charge is 0.289 e. The molecule has 1 atom stereocenters. The Balaban J connectivity index is 1.99. The number of ether oxygens (including phenoxy) is 1. The van der Waals surface area contributed by atoms with Gasteiger partial charge in [0.2, 0.25) is 5.82 Å². The number of amides is 1. The molecule has 6 nitrogen and oxygen atoms in total. The standard InChI is InChI=1S/C15H23N3O3/c1-21-12-9-16-14(17-10-12)15(20)18-13(7-8-19)11-5-3-2-4-6-11/h9-11,13,19H,2-8H2,1H3,(H,18,20). The van der Waals surface area contributed by atoms with Crippen molar-refractivity contribution in [2.75, 3.05) is 13.7 Å². The zero-order valence-electron chi connectivity index (χ0n) is 12.4. The second-order valence-electron chi connectivity index (χ2n) is 5.44. The maximum absolute atomic E-state index is 12.2. The average molecular weight is 293 g/mol. The fourth-order valence-corrected chi connectivity index (χ4v) is 2.87. The van der Waals surface area contributed by atoms with Gasteiger partial charge in [0, 0.05) is 12.6 Å². The lowest BCUT2D eigenvalue weighted by atomic mass is 9.82. The largest absolute Gasteiger partial charge is 0.494 e. The van der Waals surface area contributed by atoms with E-state index in [0.717, 1.165) is 12.8 Å². The molecule has 1 unspecified atom stereocenters. The Kier molecular flexibility index (Phi) is 5.92. The van der Waals surface area contributed by atoms with Crippen LogP contribution in [0.5, 0.6) is 5.75 Å². The van der Waals surface area contributed by atoms with Crippen LogP contribution in [-0.2, 0) is 0 Å². The summed E-state index contributed by atoms with van der Waals surface area (Å²) in [6.45, 7) is 0.0743. The lowest BCUT2D eigenvalue weighted by molar-refractivity contribution is 0.0889. The summed E-state index contributed by atoms with van der Waals surface area (Å²) in [7, 11) is 1.53. The summed E-state index contributed by atoms with van der Waals surface area (Å²) in [5.74, 6) is 0.801. The van der Waals surface area contributed by atoms with Crippen LogP contribution in [0.25, 0.3) is 0 Å². The van der Waals surface area contributed by atoms with Crippen molar-refractivity contribution in [2.24, 2.45) is 5.92 Å². The third kappa shape index (κ3) is 4.39. The van der Waals surface area contributed by atoms with Crippen molar-refractivity contribution >= 4 is 5.91 Å². The second kappa shape index (κ2) is 7.93. The number of nitrogens with zero attached hydrogens (tertiary/aromatic N) is 2. The van der Waals surface area contributed by atoms with Crippen LogP contribution in [0.1, 0.15) is 49.1 Å². The second-order valence-corrected chi connectivity index (χ2v) is 5.44. The van der Waals surface area contributed by atoms with Crippen LogP contribution >= 0.6 is 0 Å². The topological polar surface area (TPSA) is 84.3 Å². The SMILES string of the molecule is COc1cnc(C(=O)NC(CCO)C2CCCCC2)nc1. The molecule has 1 aliphatic rings. The summed E-state index contributed by atoms with van der Waals surface area (Å²) < 4.78 is 4.97. The van der Waals surface area contributed by atoms with Gasteiger partial charge in [-0.3, -0.25) is 4.79 Å². The first-order chi connectivity index (χ1) is 10.2. The number of aliphatic hydroxyl groups is 1. The maximum Gasteiger partial charge on any atom is 0.289 e. The number of hydrogen-bond donors (Lipinski definition) is 2. The van der Waals surface area contributed by atoms with Crippen LogP contribution in [-0.4, -0.2) is 40.7 Å². The van der Waals surface area contributed by atoms with E-state index in [4.69, 9.17) is 4.74 Å². The molecule has 1 heterocycles. The van der Waals surface area contributed by atoms with Crippen molar-refractivity contribution in [2.45, 2.75) is 44.6 Å².